The number of piperidine rings is 1. The highest BCUT2D eigenvalue weighted by Gasteiger charge is 2.46. The van der Waals surface area contributed by atoms with Gasteiger partial charge in [0.15, 0.2) is 0 Å². The zero-order chi connectivity index (χ0) is 14.8. The van der Waals surface area contributed by atoms with Gasteiger partial charge in [-0.15, -0.1) is 0 Å². The number of fused-ring (bicyclic) bond motifs is 1. The van der Waals surface area contributed by atoms with E-state index < -0.39 is 0 Å². The molecular formula is C21H25N. The largest absolute Gasteiger partial charge is 0.299 e. The monoisotopic (exact) mass is 291 g/mol. The Kier molecular flexibility index (Phi) is 3.75. The molecule has 0 amide bonds. The van der Waals surface area contributed by atoms with E-state index in [9.17, 15) is 0 Å². The van der Waals surface area contributed by atoms with Crippen molar-refractivity contribution in [1.29, 1.82) is 0 Å². The van der Waals surface area contributed by atoms with Crippen LogP contribution in [0.3, 0.4) is 0 Å². The summed E-state index contributed by atoms with van der Waals surface area (Å²) in [7, 11) is 0. The molecule has 1 saturated heterocycles. The zero-order valence-electron chi connectivity index (χ0n) is 13.2. The molecule has 1 saturated carbocycles. The Bertz CT molecular complexity index is 606. The molecule has 22 heavy (non-hydrogen) atoms. The molecule has 2 aromatic rings. The van der Waals surface area contributed by atoms with Crippen LogP contribution in [0.25, 0.3) is 0 Å². The zero-order valence-corrected chi connectivity index (χ0v) is 13.2. The Morgan fingerprint density at radius 1 is 0.909 bits per heavy atom. The maximum atomic E-state index is 2.67. The summed E-state index contributed by atoms with van der Waals surface area (Å²) in [5, 5.41) is 0. The Morgan fingerprint density at radius 2 is 1.64 bits per heavy atom. The van der Waals surface area contributed by atoms with Gasteiger partial charge in [0, 0.05) is 18.5 Å². The van der Waals surface area contributed by atoms with Crippen molar-refractivity contribution in [1.82, 2.24) is 4.90 Å². The number of nitrogens with zero attached hydrogens (tertiary/aromatic N) is 1. The van der Waals surface area contributed by atoms with Crippen molar-refractivity contribution in [3.8, 4) is 0 Å². The van der Waals surface area contributed by atoms with Crippen LogP contribution in [0.15, 0.2) is 60.7 Å². The quantitative estimate of drug-likeness (QED) is 0.797. The first kappa shape index (κ1) is 14.0. The molecule has 1 aliphatic carbocycles. The molecule has 4 rings (SSSR count). The maximum absolute atomic E-state index is 2.67. The third-order valence-electron chi connectivity index (χ3n) is 5.91. The maximum Gasteiger partial charge on any atom is 0.0233 e. The lowest BCUT2D eigenvalue weighted by Crippen LogP contribution is -2.46. The summed E-state index contributed by atoms with van der Waals surface area (Å²) in [5.41, 5.74) is 3.51. The van der Waals surface area contributed by atoms with Gasteiger partial charge in [0.05, 0.1) is 0 Å². The van der Waals surface area contributed by atoms with Crippen molar-refractivity contribution in [2.24, 2.45) is 5.92 Å². The summed E-state index contributed by atoms with van der Waals surface area (Å²) in [5.74, 6) is 0.840. The van der Waals surface area contributed by atoms with Crippen molar-refractivity contribution >= 4 is 0 Å². The Labute approximate surface area is 134 Å². The first-order chi connectivity index (χ1) is 10.9. The number of rotatable bonds is 3. The van der Waals surface area contributed by atoms with Crippen LogP contribution in [0, 0.1) is 5.92 Å². The summed E-state index contributed by atoms with van der Waals surface area (Å²) < 4.78 is 0. The van der Waals surface area contributed by atoms with E-state index in [4.69, 9.17) is 0 Å². The summed E-state index contributed by atoms with van der Waals surface area (Å²) in [6.07, 6.45) is 5.52. The molecule has 0 spiro atoms. The minimum absolute atomic E-state index is 0.467. The Balaban J connectivity index is 1.52. The van der Waals surface area contributed by atoms with E-state index in [-0.39, 0.29) is 0 Å². The minimum Gasteiger partial charge on any atom is -0.299 e. The molecule has 114 valence electrons. The highest BCUT2D eigenvalue weighted by Crippen LogP contribution is 2.50. The van der Waals surface area contributed by atoms with Crippen LogP contribution in [-0.2, 0) is 12.0 Å². The highest BCUT2D eigenvalue weighted by molar-refractivity contribution is 5.29. The van der Waals surface area contributed by atoms with Gasteiger partial charge < -0.3 is 0 Å². The van der Waals surface area contributed by atoms with Gasteiger partial charge in [-0.2, -0.15) is 0 Å². The van der Waals surface area contributed by atoms with Gasteiger partial charge in [0.1, 0.15) is 0 Å². The highest BCUT2D eigenvalue weighted by atomic mass is 15.1. The number of hydrogen-bond donors (Lipinski definition) is 0. The predicted octanol–water partition coefficient (Wildman–Crippen LogP) is 4.63. The summed E-state index contributed by atoms with van der Waals surface area (Å²) >= 11 is 0. The molecule has 2 aromatic carbocycles. The summed E-state index contributed by atoms with van der Waals surface area (Å²) in [6, 6.07) is 22.3. The second kappa shape index (κ2) is 5.89. The van der Waals surface area contributed by atoms with E-state index in [0.29, 0.717) is 5.41 Å². The lowest BCUT2D eigenvalue weighted by molar-refractivity contribution is 0.105. The van der Waals surface area contributed by atoms with Gasteiger partial charge in [-0.1, -0.05) is 67.1 Å². The molecule has 2 aliphatic rings. The molecule has 1 heteroatoms. The van der Waals surface area contributed by atoms with E-state index in [1.807, 2.05) is 0 Å². The van der Waals surface area contributed by atoms with E-state index in [1.165, 1.54) is 44.3 Å². The van der Waals surface area contributed by atoms with Crippen molar-refractivity contribution in [3.63, 3.8) is 0 Å². The van der Waals surface area contributed by atoms with E-state index in [1.54, 1.807) is 5.56 Å². The fourth-order valence-electron chi connectivity index (χ4n) is 4.78. The SMILES string of the molecule is c1ccc(CN2CCC3(c4ccccc4)CCCC3C2)cc1. The number of benzene rings is 2. The molecule has 2 fully saturated rings. The molecular weight excluding hydrogens is 266 g/mol. The van der Waals surface area contributed by atoms with Gasteiger partial charge >= 0.3 is 0 Å². The van der Waals surface area contributed by atoms with E-state index >= 15 is 0 Å². The Morgan fingerprint density at radius 3 is 2.41 bits per heavy atom. The van der Waals surface area contributed by atoms with Gasteiger partial charge in [-0.3, -0.25) is 4.90 Å². The minimum atomic E-state index is 0.467. The molecule has 2 unspecified atom stereocenters. The van der Waals surface area contributed by atoms with Gasteiger partial charge in [0.25, 0.3) is 0 Å². The second-order valence-corrected chi connectivity index (χ2v) is 7.08. The third-order valence-corrected chi connectivity index (χ3v) is 5.91. The molecule has 2 atom stereocenters. The average Bonchev–Trinajstić information content (AvgIpc) is 3.01. The van der Waals surface area contributed by atoms with Crippen LogP contribution in [0.2, 0.25) is 0 Å². The normalized spacial score (nSPS) is 28.5. The van der Waals surface area contributed by atoms with Crippen molar-refractivity contribution in [3.05, 3.63) is 71.8 Å². The standard InChI is InChI=1S/C21H25N/c1-3-8-18(9-4-1)16-22-15-14-21(13-7-12-20(21)17-22)19-10-5-2-6-11-19/h1-6,8-11,20H,7,12-17H2. The van der Waals surface area contributed by atoms with Crippen LogP contribution in [0.4, 0.5) is 0 Å². The van der Waals surface area contributed by atoms with E-state index in [0.717, 1.165) is 12.5 Å². The molecule has 1 heterocycles. The molecule has 1 nitrogen and oxygen atoms in total. The van der Waals surface area contributed by atoms with Gasteiger partial charge in [0.2, 0.25) is 0 Å². The summed E-state index contributed by atoms with van der Waals surface area (Å²) in [4.78, 5) is 2.67. The smallest absolute Gasteiger partial charge is 0.0233 e. The lowest BCUT2D eigenvalue weighted by atomic mass is 9.67. The summed E-state index contributed by atoms with van der Waals surface area (Å²) in [6.45, 7) is 3.62. The fourth-order valence-corrected chi connectivity index (χ4v) is 4.78. The van der Waals surface area contributed by atoms with Gasteiger partial charge in [-0.05, 0) is 42.9 Å². The fraction of sp³-hybridized carbons (Fsp3) is 0.429. The molecule has 1 aliphatic heterocycles. The molecule has 0 aromatic heterocycles. The third kappa shape index (κ3) is 2.48. The van der Waals surface area contributed by atoms with Crippen molar-refractivity contribution in [2.45, 2.75) is 37.6 Å². The van der Waals surface area contributed by atoms with Crippen LogP contribution >= 0.6 is 0 Å². The molecule has 0 bridgehead atoms. The number of hydrogen-bond acceptors (Lipinski definition) is 1. The van der Waals surface area contributed by atoms with Crippen LogP contribution < -0.4 is 0 Å². The first-order valence-electron chi connectivity index (χ1n) is 8.69. The number of likely N-dealkylation sites (tertiary alicyclic amines) is 1. The van der Waals surface area contributed by atoms with Crippen LogP contribution in [0.1, 0.15) is 36.8 Å². The Hall–Kier alpha value is -1.60. The lowest BCUT2D eigenvalue weighted by Gasteiger charge is -2.45. The first-order valence-corrected chi connectivity index (χ1v) is 8.69. The van der Waals surface area contributed by atoms with Crippen molar-refractivity contribution in [2.75, 3.05) is 13.1 Å². The molecule has 0 radical (unpaired) electrons. The topological polar surface area (TPSA) is 3.24 Å². The molecule has 0 N–H and O–H groups in total. The van der Waals surface area contributed by atoms with Crippen LogP contribution in [0.5, 0.6) is 0 Å². The predicted molar refractivity (Wildman–Crippen MR) is 91.8 cm³/mol. The van der Waals surface area contributed by atoms with E-state index in [2.05, 4.69) is 65.6 Å². The second-order valence-electron chi connectivity index (χ2n) is 7.08. The van der Waals surface area contributed by atoms with Crippen LogP contribution in [-0.4, -0.2) is 18.0 Å². The average molecular weight is 291 g/mol. The van der Waals surface area contributed by atoms with Gasteiger partial charge in [-0.25, -0.2) is 0 Å². The van der Waals surface area contributed by atoms with Crippen molar-refractivity contribution < 1.29 is 0 Å².